The predicted octanol–water partition coefficient (Wildman–Crippen LogP) is 7.17. The predicted molar refractivity (Wildman–Crippen MR) is 151 cm³/mol. The van der Waals surface area contributed by atoms with Crippen LogP contribution in [0.5, 0.6) is 0 Å². The molecule has 4 rings (SSSR count). The van der Waals surface area contributed by atoms with E-state index < -0.39 is 0 Å². The number of carbonyl (C=O) groups is 2. The van der Waals surface area contributed by atoms with Crippen molar-refractivity contribution in [3.63, 3.8) is 0 Å². The van der Waals surface area contributed by atoms with Gasteiger partial charge in [-0.25, -0.2) is 4.79 Å². The first-order valence-corrected chi connectivity index (χ1v) is 14.7. The van der Waals surface area contributed by atoms with Gasteiger partial charge in [-0.3, -0.25) is 4.79 Å². The maximum Gasteiger partial charge on any atom is 0.322 e. The highest BCUT2D eigenvalue weighted by atomic mass is 32.2. The summed E-state index contributed by atoms with van der Waals surface area (Å²) in [4.78, 5) is 33.3. The largest absolute Gasteiger partial charge is 0.332 e. The van der Waals surface area contributed by atoms with Gasteiger partial charge in [0.2, 0.25) is 5.91 Å². The Kier molecular flexibility index (Phi) is 9.47. The number of anilines is 1. The van der Waals surface area contributed by atoms with Crippen molar-refractivity contribution in [3.8, 4) is 0 Å². The fourth-order valence-electron chi connectivity index (χ4n) is 4.65. The molecule has 190 valence electrons. The lowest BCUT2D eigenvalue weighted by Crippen LogP contribution is -2.49. The molecule has 1 fully saturated rings. The van der Waals surface area contributed by atoms with Crippen LogP contribution in [0.15, 0.2) is 70.9 Å². The van der Waals surface area contributed by atoms with E-state index in [1.807, 2.05) is 65.8 Å². The number of hydrogen-bond acceptors (Lipinski definition) is 4. The van der Waals surface area contributed by atoms with E-state index in [9.17, 15) is 9.59 Å². The molecular weight excluding hydrogens is 486 g/mol. The Bertz CT molecular complexity index is 1120. The number of nitrogens with zero attached hydrogens (tertiary/aromatic N) is 2. The molecule has 3 aromatic rings. The molecule has 0 atom stereocenters. The molecule has 5 nitrogen and oxygen atoms in total. The number of benzene rings is 2. The molecule has 1 N–H and O–H groups in total. The summed E-state index contributed by atoms with van der Waals surface area (Å²) < 4.78 is 0. The monoisotopic (exact) mass is 521 g/mol. The van der Waals surface area contributed by atoms with E-state index in [1.54, 1.807) is 28.0 Å². The van der Waals surface area contributed by atoms with Gasteiger partial charge in [0.05, 0.1) is 6.54 Å². The van der Waals surface area contributed by atoms with Crippen molar-refractivity contribution < 1.29 is 9.59 Å². The van der Waals surface area contributed by atoms with Crippen molar-refractivity contribution in [2.45, 2.75) is 63.1 Å². The minimum atomic E-state index is -0.195. The van der Waals surface area contributed by atoms with E-state index in [1.165, 1.54) is 16.9 Å². The van der Waals surface area contributed by atoms with Crippen LogP contribution < -0.4 is 5.32 Å². The normalized spacial score (nSPS) is 13.8. The summed E-state index contributed by atoms with van der Waals surface area (Å²) in [5.41, 5.74) is 3.03. The zero-order chi connectivity index (χ0) is 25.3. The Hall–Kier alpha value is -2.77. The molecule has 36 heavy (non-hydrogen) atoms. The van der Waals surface area contributed by atoms with Gasteiger partial charge in [-0.05, 0) is 72.9 Å². The third kappa shape index (κ3) is 7.14. The Morgan fingerprint density at radius 1 is 0.972 bits per heavy atom. The molecule has 0 saturated heterocycles. The average Bonchev–Trinajstić information content (AvgIpc) is 3.32. The van der Waals surface area contributed by atoms with Crippen LogP contribution >= 0.6 is 23.1 Å². The van der Waals surface area contributed by atoms with Crippen LogP contribution in [0, 0.1) is 6.92 Å². The van der Waals surface area contributed by atoms with Crippen LogP contribution in [-0.4, -0.2) is 40.6 Å². The van der Waals surface area contributed by atoms with Gasteiger partial charge in [0.15, 0.2) is 0 Å². The van der Waals surface area contributed by atoms with Gasteiger partial charge in [0.25, 0.3) is 0 Å². The molecule has 2 aromatic carbocycles. The first-order valence-electron chi connectivity index (χ1n) is 12.6. The van der Waals surface area contributed by atoms with Gasteiger partial charge in [-0.15, -0.1) is 23.1 Å². The van der Waals surface area contributed by atoms with Gasteiger partial charge in [-0.2, -0.15) is 0 Å². The van der Waals surface area contributed by atoms with E-state index in [-0.39, 0.29) is 24.5 Å². The second-order valence-electron chi connectivity index (χ2n) is 9.34. The molecule has 0 spiro atoms. The van der Waals surface area contributed by atoms with Gasteiger partial charge in [0, 0.05) is 28.0 Å². The van der Waals surface area contributed by atoms with Crippen molar-refractivity contribution in [1.29, 1.82) is 0 Å². The highest BCUT2D eigenvalue weighted by molar-refractivity contribution is 7.98. The van der Waals surface area contributed by atoms with Crippen molar-refractivity contribution in [3.05, 3.63) is 82.0 Å². The molecule has 0 unspecified atom stereocenters. The Morgan fingerprint density at radius 2 is 1.69 bits per heavy atom. The fraction of sp³-hybridized carbons (Fsp3) is 0.379. The van der Waals surface area contributed by atoms with Crippen molar-refractivity contribution in [2.75, 3.05) is 18.1 Å². The zero-order valence-electron chi connectivity index (χ0n) is 21.1. The minimum absolute atomic E-state index is 0.0230. The third-order valence-electron chi connectivity index (χ3n) is 6.79. The molecule has 1 aliphatic rings. The fourth-order valence-corrected chi connectivity index (χ4v) is 5.98. The number of thiophene rings is 1. The maximum atomic E-state index is 13.8. The Labute approximate surface area is 222 Å². The number of carbonyl (C=O) groups excluding carboxylic acids is 2. The summed E-state index contributed by atoms with van der Waals surface area (Å²) in [6, 6.07) is 19.9. The second kappa shape index (κ2) is 13.0. The molecule has 1 saturated carbocycles. The average molecular weight is 522 g/mol. The standard InChI is InChI=1S/C29H35N3O2S2/c1-22-17-18-36-27(22)20-31(19-23-9-5-3-6-10-23)28(33)21-32(25-11-7-4-8-12-25)29(34)30-24-13-15-26(35-2)16-14-24/h3,5-6,9-10,13-18,25H,4,7-8,11-12,19-21H2,1-2H3,(H,30,34). The van der Waals surface area contributed by atoms with E-state index in [2.05, 4.69) is 23.7 Å². The summed E-state index contributed by atoms with van der Waals surface area (Å²) in [7, 11) is 0. The highest BCUT2D eigenvalue weighted by Crippen LogP contribution is 2.25. The summed E-state index contributed by atoms with van der Waals surface area (Å²) in [6.07, 6.45) is 7.28. The van der Waals surface area contributed by atoms with Crippen LogP contribution in [0.3, 0.4) is 0 Å². The van der Waals surface area contributed by atoms with Gasteiger partial charge in [-0.1, -0.05) is 49.6 Å². The quantitative estimate of drug-likeness (QED) is 0.304. The lowest BCUT2D eigenvalue weighted by Gasteiger charge is -2.35. The molecule has 1 heterocycles. The first-order chi connectivity index (χ1) is 17.5. The molecule has 0 bridgehead atoms. The molecule has 3 amide bonds. The van der Waals surface area contributed by atoms with Crippen LogP contribution in [-0.2, 0) is 17.9 Å². The second-order valence-corrected chi connectivity index (χ2v) is 11.2. The zero-order valence-corrected chi connectivity index (χ0v) is 22.7. The summed E-state index contributed by atoms with van der Waals surface area (Å²) in [5, 5.41) is 5.12. The number of thioether (sulfide) groups is 1. The van der Waals surface area contributed by atoms with Crippen LogP contribution in [0.2, 0.25) is 0 Å². The van der Waals surface area contributed by atoms with E-state index in [0.717, 1.165) is 41.8 Å². The lowest BCUT2D eigenvalue weighted by atomic mass is 9.94. The molecule has 0 aliphatic heterocycles. The maximum absolute atomic E-state index is 13.8. The first kappa shape index (κ1) is 26.3. The lowest BCUT2D eigenvalue weighted by molar-refractivity contribution is -0.133. The Balaban J connectivity index is 1.53. The van der Waals surface area contributed by atoms with E-state index in [4.69, 9.17) is 0 Å². The van der Waals surface area contributed by atoms with Crippen molar-refractivity contribution in [1.82, 2.24) is 9.80 Å². The SMILES string of the molecule is CSc1ccc(NC(=O)N(CC(=O)N(Cc2ccccc2)Cc2sccc2C)C2CCCCC2)cc1. The number of rotatable bonds is 9. The van der Waals surface area contributed by atoms with Crippen LogP contribution in [0.4, 0.5) is 10.5 Å². The number of amides is 3. The number of urea groups is 1. The molecular formula is C29H35N3O2S2. The molecule has 1 aromatic heterocycles. The topological polar surface area (TPSA) is 52.7 Å². The smallest absolute Gasteiger partial charge is 0.322 e. The van der Waals surface area contributed by atoms with E-state index >= 15 is 0 Å². The number of hydrogen-bond donors (Lipinski definition) is 1. The molecule has 1 aliphatic carbocycles. The minimum Gasteiger partial charge on any atom is -0.332 e. The summed E-state index contributed by atoms with van der Waals surface area (Å²) in [5.74, 6) is -0.0230. The van der Waals surface area contributed by atoms with Gasteiger partial charge < -0.3 is 15.1 Å². The molecule has 7 heteroatoms. The van der Waals surface area contributed by atoms with Gasteiger partial charge >= 0.3 is 6.03 Å². The van der Waals surface area contributed by atoms with E-state index in [0.29, 0.717) is 13.1 Å². The molecule has 0 radical (unpaired) electrons. The highest BCUT2D eigenvalue weighted by Gasteiger charge is 2.29. The number of nitrogens with one attached hydrogen (secondary N) is 1. The summed E-state index contributed by atoms with van der Waals surface area (Å²) in [6.45, 7) is 3.23. The van der Waals surface area contributed by atoms with Gasteiger partial charge in [0.1, 0.15) is 6.54 Å². The van der Waals surface area contributed by atoms with Crippen LogP contribution in [0.1, 0.15) is 48.1 Å². The van der Waals surface area contributed by atoms with Crippen molar-refractivity contribution >= 4 is 40.7 Å². The Morgan fingerprint density at radius 3 is 2.33 bits per heavy atom. The van der Waals surface area contributed by atoms with Crippen LogP contribution in [0.25, 0.3) is 0 Å². The van der Waals surface area contributed by atoms with Crippen molar-refractivity contribution in [2.24, 2.45) is 0 Å². The number of aryl methyl sites for hydroxylation is 1. The summed E-state index contributed by atoms with van der Waals surface area (Å²) >= 11 is 3.34. The third-order valence-corrected chi connectivity index (χ3v) is 8.55.